The molecule has 1 N–H and O–H groups in total. The molecule has 2 atom stereocenters. The van der Waals surface area contributed by atoms with Crippen molar-refractivity contribution in [3.8, 4) is 5.75 Å². The van der Waals surface area contributed by atoms with Crippen LogP contribution in [0.1, 0.15) is 61.5 Å². The monoisotopic (exact) mass is 560 g/mol. The van der Waals surface area contributed by atoms with Gasteiger partial charge in [-0.2, -0.15) is 0 Å². The number of esters is 1. The minimum atomic E-state index is -0.422. The topological polar surface area (TPSA) is 86.8 Å². The van der Waals surface area contributed by atoms with Gasteiger partial charge in [-0.15, -0.1) is 11.3 Å². The molecule has 1 aliphatic heterocycles. The Labute approximate surface area is 239 Å². The number of nitrogens with one attached hydrogen (secondary N) is 1. The van der Waals surface area contributed by atoms with Crippen LogP contribution in [0.3, 0.4) is 0 Å². The lowest BCUT2D eigenvalue weighted by Crippen LogP contribution is -2.37. The van der Waals surface area contributed by atoms with Gasteiger partial charge in [0, 0.05) is 17.6 Å². The third kappa shape index (κ3) is 8.63. The van der Waals surface area contributed by atoms with Crippen molar-refractivity contribution >= 4 is 29.3 Å². The van der Waals surface area contributed by atoms with Crippen LogP contribution < -0.4 is 10.1 Å². The normalized spacial score (nSPS) is 16.4. The largest absolute Gasteiger partial charge is 0.489 e. The molecule has 1 aromatic heterocycles. The smallest absolute Gasteiger partial charge is 0.333 e. The van der Waals surface area contributed by atoms with Gasteiger partial charge >= 0.3 is 5.97 Å². The molecule has 40 heavy (non-hydrogen) atoms. The SMILES string of the molecule is CCOC(=O)/C(C)=C\C(C)=C\c1csc([C@H](Cc2ccc(OCc3ccccc3)cc2)NC(=O)C2CCCO2)n1. The van der Waals surface area contributed by atoms with Crippen LogP contribution in [-0.4, -0.2) is 36.2 Å². The van der Waals surface area contributed by atoms with Crippen molar-refractivity contribution in [3.05, 3.63) is 99.0 Å². The second kappa shape index (κ2) is 14.6. The highest BCUT2D eigenvalue weighted by atomic mass is 32.1. The highest BCUT2D eigenvalue weighted by Crippen LogP contribution is 2.26. The maximum absolute atomic E-state index is 13.0. The van der Waals surface area contributed by atoms with E-state index in [-0.39, 0.29) is 17.9 Å². The number of ether oxygens (including phenoxy) is 3. The molecule has 0 radical (unpaired) electrons. The summed E-state index contributed by atoms with van der Waals surface area (Å²) < 4.78 is 16.6. The first-order chi connectivity index (χ1) is 19.4. The molecule has 4 rings (SSSR count). The van der Waals surface area contributed by atoms with Crippen LogP contribution in [0, 0.1) is 0 Å². The third-order valence-electron chi connectivity index (χ3n) is 6.41. The molecule has 0 bridgehead atoms. The molecule has 1 amide bonds. The van der Waals surface area contributed by atoms with Gasteiger partial charge in [0.2, 0.25) is 5.91 Å². The fourth-order valence-electron chi connectivity index (χ4n) is 4.39. The molecule has 1 unspecified atom stereocenters. The number of rotatable bonds is 12. The standard InChI is InChI=1S/C32H36N2O5S/c1-4-37-32(36)23(3)17-22(2)18-26-21-40-31(33-26)28(34-30(35)29-11-8-16-38-29)19-24-12-14-27(15-13-24)39-20-25-9-6-5-7-10-25/h5-7,9-10,12-15,17-18,21,28-29H,4,8,11,16,19-20H2,1-3H3,(H,34,35)/b22-18+,23-17-/t28-,29?/m0/s1. The van der Waals surface area contributed by atoms with E-state index in [1.807, 2.05) is 73.0 Å². The maximum Gasteiger partial charge on any atom is 0.333 e. The van der Waals surface area contributed by atoms with Gasteiger partial charge in [0.15, 0.2) is 0 Å². The van der Waals surface area contributed by atoms with Crippen molar-refractivity contribution in [1.82, 2.24) is 10.3 Å². The zero-order valence-electron chi connectivity index (χ0n) is 23.2. The van der Waals surface area contributed by atoms with Crippen LogP contribution in [0.15, 0.2) is 77.2 Å². The van der Waals surface area contributed by atoms with Gasteiger partial charge in [-0.1, -0.05) is 42.5 Å². The summed E-state index contributed by atoms with van der Waals surface area (Å²) in [6.45, 7) is 6.88. The van der Waals surface area contributed by atoms with Gasteiger partial charge in [-0.05, 0) is 81.0 Å². The summed E-state index contributed by atoms with van der Waals surface area (Å²) in [6, 6.07) is 17.7. The Morgan fingerprint density at radius 2 is 1.90 bits per heavy atom. The van der Waals surface area contributed by atoms with Crippen molar-refractivity contribution in [2.75, 3.05) is 13.2 Å². The van der Waals surface area contributed by atoms with E-state index in [0.717, 1.165) is 46.0 Å². The zero-order valence-corrected chi connectivity index (χ0v) is 24.0. The Morgan fingerprint density at radius 3 is 2.60 bits per heavy atom. The van der Waals surface area contributed by atoms with Crippen LogP contribution in [0.4, 0.5) is 0 Å². The van der Waals surface area contributed by atoms with Gasteiger partial charge in [-0.25, -0.2) is 9.78 Å². The number of amides is 1. The quantitative estimate of drug-likeness (QED) is 0.161. The minimum absolute atomic E-state index is 0.109. The fourth-order valence-corrected chi connectivity index (χ4v) is 5.22. The molecule has 8 heteroatoms. The van der Waals surface area contributed by atoms with E-state index in [1.54, 1.807) is 19.9 Å². The first-order valence-electron chi connectivity index (χ1n) is 13.6. The predicted octanol–water partition coefficient (Wildman–Crippen LogP) is 6.21. The molecule has 7 nitrogen and oxygen atoms in total. The second-order valence-electron chi connectivity index (χ2n) is 9.73. The molecule has 210 valence electrons. The number of benzene rings is 2. The van der Waals surface area contributed by atoms with Gasteiger partial charge in [0.05, 0.1) is 18.3 Å². The van der Waals surface area contributed by atoms with E-state index in [4.69, 9.17) is 19.2 Å². The van der Waals surface area contributed by atoms with Crippen LogP contribution in [0.25, 0.3) is 6.08 Å². The molecule has 1 aliphatic rings. The zero-order chi connectivity index (χ0) is 28.3. The summed E-state index contributed by atoms with van der Waals surface area (Å²) in [6.07, 6.45) is 5.47. The number of allylic oxidation sites excluding steroid dienone is 2. The summed E-state index contributed by atoms with van der Waals surface area (Å²) in [5, 5.41) is 5.93. The lowest BCUT2D eigenvalue weighted by molar-refractivity contribution is -0.138. The van der Waals surface area contributed by atoms with Crippen molar-refractivity contribution in [1.29, 1.82) is 0 Å². The number of thiazole rings is 1. The lowest BCUT2D eigenvalue weighted by Gasteiger charge is -2.19. The summed E-state index contributed by atoms with van der Waals surface area (Å²) in [5.74, 6) is 0.347. The van der Waals surface area contributed by atoms with Crippen molar-refractivity contribution in [3.63, 3.8) is 0 Å². The Kier molecular flexibility index (Phi) is 10.7. The molecule has 0 spiro atoms. The Bertz CT molecular complexity index is 1320. The molecule has 0 saturated carbocycles. The molecule has 2 heterocycles. The van der Waals surface area contributed by atoms with Gasteiger partial charge < -0.3 is 19.5 Å². The van der Waals surface area contributed by atoms with E-state index in [0.29, 0.717) is 31.8 Å². The van der Waals surface area contributed by atoms with Crippen molar-refractivity contribution < 1.29 is 23.8 Å². The van der Waals surface area contributed by atoms with Crippen LogP contribution >= 0.6 is 11.3 Å². The number of aromatic nitrogens is 1. The summed E-state index contributed by atoms with van der Waals surface area (Å²) in [7, 11) is 0. The van der Waals surface area contributed by atoms with Crippen LogP contribution in [0.2, 0.25) is 0 Å². The highest BCUT2D eigenvalue weighted by Gasteiger charge is 2.27. The first kappa shape index (κ1) is 29.2. The molecule has 0 aliphatic carbocycles. The van der Waals surface area contributed by atoms with E-state index in [9.17, 15) is 9.59 Å². The van der Waals surface area contributed by atoms with E-state index in [1.165, 1.54) is 11.3 Å². The van der Waals surface area contributed by atoms with Crippen molar-refractivity contribution in [2.45, 2.75) is 58.8 Å². The summed E-state index contributed by atoms with van der Waals surface area (Å²) >= 11 is 1.50. The van der Waals surface area contributed by atoms with E-state index in [2.05, 4.69) is 5.32 Å². The summed E-state index contributed by atoms with van der Waals surface area (Å²) in [5.41, 5.74) is 4.35. The average Bonchev–Trinajstić information content (AvgIpc) is 3.66. The Hall–Kier alpha value is -3.75. The second-order valence-corrected chi connectivity index (χ2v) is 10.6. The molecule has 1 fully saturated rings. The van der Waals surface area contributed by atoms with Crippen LogP contribution in [-0.2, 0) is 32.1 Å². The van der Waals surface area contributed by atoms with E-state index >= 15 is 0 Å². The fraction of sp³-hybridized carbons (Fsp3) is 0.344. The molecule has 1 saturated heterocycles. The van der Waals surface area contributed by atoms with Gasteiger partial charge in [0.1, 0.15) is 23.5 Å². The van der Waals surface area contributed by atoms with Gasteiger partial charge in [-0.3, -0.25) is 4.79 Å². The van der Waals surface area contributed by atoms with Crippen molar-refractivity contribution in [2.24, 2.45) is 0 Å². The molecular formula is C32H36N2O5S. The number of hydrogen-bond donors (Lipinski definition) is 1. The maximum atomic E-state index is 13.0. The molecular weight excluding hydrogens is 524 g/mol. The molecule has 2 aromatic carbocycles. The number of carbonyl (C=O) groups excluding carboxylic acids is 2. The Balaban J connectivity index is 1.47. The van der Waals surface area contributed by atoms with Gasteiger partial charge in [0.25, 0.3) is 0 Å². The number of carbonyl (C=O) groups is 2. The first-order valence-corrected chi connectivity index (χ1v) is 14.5. The minimum Gasteiger partial charge on any atom is -0.489 e. The lowest BCUT2D eigenvalue weighted by atomic mass is 10.1. The average molecular weight is 561 g/mol. The Morgan fingerprint density at radius 1 is 1.12 bits per heavy atom. The number of nitrogens with zero attached hydrogens (tertiary/aromatic N) is 1. The third-order valence-corrected chi connectivity index (χ3v) is 7.38. The predicted molar refractivity (Wildman–Crippen MR) is 157 cm³/mol. The van der Waals surface area contributed by atoms with Crippen LogP contribution in [0.5, 0.6) is 5.75 Å². The summed E-state index contributed by atoms with van der Waals surface area (Å²) in [4.78, 5) is 29.7. The number of hydrogen-bond acceptors (Lipinski definition) is 7. The molecule has 3 aromatic rings. The highest BCUT2D eigenvalue weighted by molar-refractivity contribution is 7.09. The van der Waals surface area contributed by atoms with E-state index < -0.39 is 6.10 Å².